The van der Waals surface area contributed by atoms with Crippen LogP contribution in [0.15, 0.2) is 176 Å². The van der Waals surface area contributed by atoms with Crippen LogP contribution in [0.1, 0.15) is 34.5 Å². The van der Waals surface area contributed by atoms with E-state index >= 15 is 0 Å². The minimum atomic E-state index is -1.73. The van der Waals surface area contributed by atoms with Gasteiger partial charge in [0.15, 0.2) is 0 Å². The van der Waals surface area contributed by atoms with Crippen LogP contribution < -0.4 is 14.5 Å². The fourth-order valence-corrected chi connectivity index (χ4v) is 12.1. The Kier molecular flexibility index (Phi) is 8.29. The molecule has 3 heterocycles. The molecule has 61 heavy (non-hydrogen) atoms. The summed E-state index contributed by atoms with van der Waals surface area (Å²) in [7, 11) is -1.73. The number of nitrogens with zero attached hydrogens (tertiary/aromatic N) is 4. The van der Waals surface area contributed by atoms with E-state index in [1.807, 2.05) is 66.9 Å². The molecule has 0 unspecified atom stereocenters. The molecule has 0 amide bonds. The number of rotatable bonds is 11. The Morgan fingerprint density at radius 1 is 0.656 bits per heavy atom. The average molecular weight is 998 g/mol. The monoisotopic (exact) mass is 997 g/mol. The first-order chi connectivity index (χ1) is 33.7. The van der Waals surface area contributed by atoms with Crippen molar-refractivity contribution >= 4 is 46.1 Å². The number of pyridine rings is 1. The third-order valence-corrected chi connectivity index (χ3v) is 17.3. The van der Waals surface area contributed by atoms with Crippen LogP contribution >= 0.6 is 0 Å². The van der Waals surface area contributed by atoms with Crippen molar-refractivity contribution in [2.24, 2.45) is 0 Å². The number of benzene rings is 7. The quantitative estimate of drug-likeness (QED) is 0.0735. The van der Waals surface area contributed by atoms with Gasteiger partial charge in [-0.05, 0) is 51.5 Å². The van der Waals surface area contributed by atoms with Gasteiger partial charge in [0.1, 0.15) is 5.82 Å². The number of imidazole rings is 1. The standard InChI is InChI=1S/C54H44N4OSi.Pt/c1-4-60(5-2,6-3)44-33-34-55-53(37-44)58-49-28-14-13-25-47(49)48-32-31-43(36-52(48)58)59-42-24-17-23-41(35-42)56-38-57(51-30-16-15-29-50(51)56)54-45(39-19-9-7-10-20-39)26-18-27-46(54)40-21-11-8-12-22-40;/h7-34,37H,4-6H2,1-3H3;/q-2;/i7D,8D,9D,10D,11D,12D,19D,20D,21D,22D;. The zero-order valence-electron chi connectivity index (χ0n) is 43.6. The molecule has 0 N–H and O–H groups in total. The van der Waals surface area contributed by atoms with E-state index in [2.05, 4.69) is 68.1 Å². The Morgan fingerprint density at radius 3 is 2.00 bits per heavy atom. The Bertz CT molecular complexity index is 3610. The van der Waals surface area contributed by atoms with Gasteiger partial charge in [0, 0.05) is 44.3 Å². The number of hydrogen-bond acceptors (Lipinski definition) is 2. The number of aromatic nitrogens is 4. The Hall–Kier alpha value is -6.33. The summed E-state index contributed by atoms with van der Waals surface area (Å²) in [5.41, 5.74) is 3.69. The van der Waals surface area contributed by atoms with Crippen LogP contribution in [-0.2, 0) is 21.1 Å². The van der Waals surface area contributed by atoms with E-state index in [9.17, 15) is 0 Å². The summed E-state index contributed by atoms with van der Waals surface area (Å²) in [6.45, 7) is 6.90. The minimum absolute atomic E-state index is 0. The first-order valence-corrected chi connectivity index (χ1v) is 22.7. The van der Waals surface area contributed by atoms with Crippen LogP contribution in [0.25, 0.3) is 72.3 Å². The molecule has 10 aromatic rings. The smallest absolute Gasteiger partial charge is 0.268 e. The fraction of sp³-hybridized carbons (Fsp3) is 0.111. The molecule has 0 atom stereocenters. The van der Waals surface area contributed by atoms with Gasteiger partial charge in [0.25, 0.3) is 6.33 Å². The minimum Gasteiger partial charge on any atom is -0.510 e. The number of hydrogen-bond donors (Lipinski definition) is 0. The molecule has 0 aliphatic heterocycles. The zero-order chi connectivity index (χ0) is 49.3. The fourth-order valence-electron chi connectivity index (χ4n) is 8.51. The molecule has 10 rings (SSSR count). The number of fused-ring (bicyclic) bond motifs is 4. The van der Waals surface area contributed by atoms with Gasteiger partial charge in [0.2, 0.25) is 0 Å². The maximum absolute atomic E-state index is 9.01. The Balaban J connectivity index is 0.00000624. The van der Waals surface area contributed by atoms with Gasteiger partial charge in [0.05, 0.1) is 38.5 Å². The van der Waals surface area contributed by atoms with Gasteiger partial charge in [-0.25, -0.2) is 4.98 Å². The van der Waals surface area contributed by atoms with E-state index in [1.165, 1.54) is 5.19 Å². The SMILES string of the molecule is [2H]c1c([2H])c([2H])c(-c2cccc(-c3c([2H])c([2H])c([2H])c([2H])c3[2H])c2-[n+]2[c-]n(-c3[c-]c(Oc4[c-]c5c(cc4)c4ccccc4n5-c4cc([Si](CC)(CC)CC)ccn4)ccc3)c3ccccc32)c([2H])c1[2H].[Pt]. The van der Waals surface area contributed by atoms with Crippen molar-refractivity contribution < 1.29 is 44.1 Å². The topological polar surface area (TPSA) is 35.9 Å². The van der Waals surface area contributed by atoms with Crippen molar-refractivity contribution in [2.45, 2.75) is 38.9 Å². The summed E-state index contributed by atoms with van der Waals surface area (Å²) in [6, 6.07) is 39.3. The molecule has 5 nitrogen and oxygen atoms in total. The van der Waals surface area contributed by atoms with Crippen molar-refractivity contribution in [1.29, 1.82) is 0 Å². The van der Waals surface area contributed by atoms with Crippen LogP contribution in [0.2, 0.25) is 18.1 Å². The molecule has 7 aromatic carbocycles. The van der Waals surface area contributed by atoms with Gasteiger partial charge >= 0.3 is 0 Å². The molecule has 0 saturated carbocycles. The largest absolute Gasteiger partial charge is 0.510 e. The second-order valence-corrected chi connectivity index (χ2v) is 19.9. The predicted octanol–water partition coefficient (Wildman–Crippen LogP) is 12.6. The van der Waals surface area contributed by atoms with Crippen molar-refractivity contribution in [3.63, 3.8) is 0 Å². The predicted molar refractivity (Wildman–Crippen MR) is 248 cm³/mol. The van der Waals surface area contributed by atoms with E-state index in [1.54, 1.807) is 33.4 Å². The van der Waals surface area contributed by atoms with Crippen molar-refractivity contribution in [3.05, 3.63) is 194 Å². The molecule has 3 aromatic heterocycles. The summed E-state index contributed by atoms with van der Waals surface area (Å²) in [5.74, 6) is 1.65. The van der Waals surface area contributed by atoms with Crippen molar-refractivity contribution in [2.75, 3.05) is 0 Å². The van der Waals surface area contributed by atoms with Gasteiger partial charge in [-0.2, -0.15) is 18.2 Å². The average Bonchev–Trinajstić information content (AvgIpc) is 3.93. The summed E-state index contributed by atoms with van der Waals surface area (Å²) < 4.78 is 99.0. The second-order valence-electron chi connectivity index (χ2n) is 14.6. The van der Waals surface area contributed by atoms with E-state index in [4.69, 9.17) is 23.4 Å². The first-order valence-electron chi connectivity index (χ1n) is 25.1. The van der Waals surface area contributed by atoms with Crippen LogP contribution in [0, 0.1) is 18.5 Å². The van der Waals surface area contributed by atoms with Crippen LogP contribution in [0.3, 0.4) is 0 Å². The normalized spacial score (nSPS) is 13.9. The van der Waals surface area contributed by atoms with E-state index in [-0.39, 0.29) is 49.0 Å². The molecule has 0 spiro atoms. The third kappa shape index (κ3) is 7.14. The molecule has 0 aliphatic carbocycles. The van der Waals surface area contributed by atoms with E-state index in [0.717, 1.165) is 45.8 Å². The molecular weight excluding hydrogens is 944 g/mol. The maximum atomic E-state index is 9.01. The van der Waals surface area contributed by atoms with Crippen molar-refractivity contribution in [3.8, 4) is 50.9 Å². The molecule has 0 bridgehead atoms. The maximum Gasteiger partial charge on any atom is 0.268 e. The van der Waals surface area contributed by atoms with E-state index < -0.39 is 68.5 Å². The van der Waals surface area contributed by atoms with Gasteiger partial charge < -0.3 is 13.9 Å². The molecule has 0 radical (unpaired) electrons. The summed E-state index contributed by atoms with van der Waals surface area (Å²) >= 11 is 0. The Labute approximate surface area is 386 Å². The van der Waals surface area contributed by atoms with Crippen LogP contribution in [0.5, 0.6) is 11.5 Å². The second kappa shape index (κ2) is 17.0. The van der Waals surface area contributed by atoms with E-state index in [0.29, 0.717) is 28.2 Å². The Morgan fingerprint density at radius 2 is 1.30 bits per heavy atom. The molecule has 7 heteroatoms. The summed E-state index contributed by atoms with van der Waals surface area (Å²) in [6.07, 6.45) is 5.33. The van der Waals surface area contributed by atoms with Crippen LogP contribution in [0.4, 0.5) is 0 Å². The third-order valence-electron chi connectivity index (χ3n) is 11.7. The molecule has 0 saturated heterocycles. The summed E-state index contributed by atoms with van der Waals surface area (Å²) in [5, 5.41) is 3.45. The van der Waals surface area contributed by atoms with Crippen LogP contribution in [-0.4, -0.2) is 22.2 Å². The zero-order valence-corrected chi connectivity index (χ0v) is 36.9. The van der Waals surface area contributed by atoms with Gasteiger partial charge in [-0.15, -0.1) is 29.7 Å². The van der Waals surface area contributed by atoms with Gasteiger partial charge in [-0.1, -0.05) is 171 Å². The molecule has 0 aliphatic rings. The molecule has 302 valence electrons. The first kappa shape index (κ1) is 29.8. The number of ether oxygens (including phenoxy) is 1. The number of para-hydroxylation sites is 4. The molecule has 0 fully saturated rings. The molecular formula is C54H44N4OPtSi-2. The summed E-state index contributed by atoms with van der Waals surface area (Å²) in [4.78, 5) is 4.91. The van der Waals surface area contributed by atoms with Crippen molar-refractivity contribution in [1.82, 2.24) is 14.1 Å². The van der Waals surface area contributed by atoms with Gasteiger partial charge in [-0.3, -0.25) is 4.57 Å².